The number of nitrogen functional groups attached to an aromatic ring is 2. The minimum Gasteiger partial charge on any atom is -0.506 e. The SMILES string of the molecule is CCCCC(=O)Oc1cc2oc(CCCCC(N)=O)c(C(=O)c3cc(Br)c(O)c(Br)c3)c2cc1O.CCCCC(=O)Oc1cc2oc(CCCCC(N)=O)c(C(=O)c3cc(I)c(O)c(I)c3)c2cc1O.CCCCC(=O)Oc1cc2oc(CCCCC(N)=O)c(C(=O)c3cc(N)c(O)c(N)c3)c2cc1O. The highest BCUT2D eigenvalue weighted by atomic mass is 127. The Hall–Kier alpha value is -9.41. The van der Waals surface area contributed by atoms with Crippen molar-refractivity contribution >= 4 is 174 Å². The number of carbonyl (C=O) groups excluding carboxylic acids is 9. The van der Waals surface area contributed by atoms with E-state index in [0.717, 1.165) is 19.3 Å². The van der Waals surface area contributed by atoms with Gasteiger partial charge in [0, 0.05) is 109 Å². The normalized spacial score (nSPS) is 11.0. The van der Waals surface area contributed by atoms with Gasteiger partial charge < -0.3 is 86.8 Å². The number of unbranched alkanes of at least 4 members (excludes halogenated alkanes) is 6. The molecule has 3 heterocycles. The number of benzene rings is 6. The number of carbonyl (C=O) groups is 9. The Morgan fingerprint density at radius 2 is 0.667 bits per heavy atom. The summed E-state index contributed by atoms with van der Waals surface area (Å²) in [4.78, 5) is 110. The van der Waals surface area contributed by atoms with E-state index >= 15 is 0 Å². The molecule has 0 aliphatic carbocycles. The van der Waals surface area contributed by atoms with E-state index in [1.54, 1.807) is 12.1 Å². The van der Waals surface area contributed by atoms with Crippen LogP contribution in [0.4, 0.5) is 11.4 Å². The van der Waals surface area contributed by atoms with Crippen LogP contribution in [-0.4, -0.2) is 83.6 Å². The van der Waals surface area contributed by atoms with Crippen molar-refractivity contribution in [1.29, 1.82) is 0 Å². The number of aromatic hydroxyl groups is 6. The van der Waals surface area contributed by atoms with Crippen molar-refractivity contribution in [1.82, 2.24) is 0 Å². The number of ether oxygens (including phenoxy) is 3. The van der Waals surface area contributed by atoms with Crippen molar-refractivity contribution in [2.24, 2.45) is 17.2 Å². The number of ketones is 3. The van der Waals surface area contributed by atoms with Crippen LogP contribution >= 0.6 is 77.0 Å². The van der Waals surface area contributed by atoms with E-state index in [4.69, 9.17) is 56.1 Å². The van der Waals surface area contributed by atoms with Crippen LogP contribution < -0.4 is 42.9 Å². The number of phenols is 6. The summed E-state index contributed by atoms with van der Waals surface area (Å²) >= 11 is 10.4. The Morgan fingerprint density at radius 1 is 0.381 bits per heavy atom. The number of nitrogens with two attached hydrogens (primary N) is 5. The second kappa shape index (κ2) is 38.6. The maximum atomic E-state index is 13.6. The van der Waals surface area contributed by atoms with Crippen LogP contribution in [-0.2, 0) is 48.0 Å². The van der Waals surface area contributed by atoms with Gasteiger partial charge in [0.25, 0.3) is 0 Å². The zero-order valence-corrected chi connectivity index (χ0v) is 65.0. The summed E-state index contributed by atoms with van der Waals surface area (Å²) in [6.45, 7) is 5.85. The second-order valence-corrected chi connectivity index (χ2v) is 28.5. The Bertz CT molecular complexity index is 4250. The van der Waals surface area contributed by atoms with Crippen LogP contribution in [0.5, 0.6) is 51.7 Å². The highest BCUT2D eigenvalue weighted by molar-refractivity contribution is 14.1. The number of rotatable bonds is 33. The molecule has 0 saturated carbocycles. The number of aryl methyl sites for hydroxylation is 3. The van der Waals surface area contributed by atoms with Crippen LogP contribution in [0.15, 0.2) is 95.0 Å². The zero-order chi connectivity index (χ0) is 77.1. The monoisotopic (exact) mass is 1800 g/mol. The molecule has 3 aromatic heterocycles. The van der Waals surface area contributed by atoms with Gasteiger partial charge in [-0.1, -0.05) is 40.0 Å². The molecule has 3 amide bonds. The molecule has 0 aliphatic heterocycles. The molecule has 558 valence electrons. The third-order valence-electron chi connectivity index (χ3n) is 16.3. The topological polar surface area (TPSA) is 472 Å². The molecule has 9 rings (SSSR count). The van der Waals surface area contributed by atoms with Gasteiger partial charge in [-0.25, -0.2) is 0 Å². The fraction of sp³-hybridized carbons (Fsp3) is 0.320. The van der Waals surface area contributed by atoms with E-state index in [1.807, 2.05) is 66.0 Å². The maximum Gasteiger partial charge on any atom is 0.311 e. The first-order valence-corrected chi connectivity index (χ1v) is 37.3. The lowest BCUT2D eigenvalue weighted by molar-refractivity contribution is -0.135. The van der Waals surface area contributed by atoms with Gasteiger partial charge in [0.1, 0.15) is 45.5 Å². The second-order valence-electron chi connectivity index (χ2n) is 24.5. The number of hydrogen-bond acceptors (Lipinski definition) is 23. The molecule has 0 aliphatic rings. The van der Waals surface area contributed by atoms with Crippen molar-refractivity contribution < 1.29 is 101 Å². The van der Waals surface area contributed by atoms with Gasteiger partial charge in [0.15, 0.2) is 57.6 Å². The van der Waals surface area contributed by atoms with Crippen molar-refractivity contribution in [2.75, 3.05) is 11.5 Å². The molecule has 9 aromatic rings. The number of primary amides is 3. The van der Waals surface area contributed by atoms with Crippen molar-refractivity contribution in [3.63, 3.8) is 0 Å². The Labute approximate surface area is 646 Å². The van der Waals surface area contributed by atoms with Gasteiger partial charge in [-0.15, -0.1) is 0 Å². The van der Waals surface area contributed by atoms with Gasteiger partial charge in [-0.2, -0.15) is 0 Å². The lowest BCUT2D eigenvalue weighted by Gasteiger charge is -2.08. The molecule has 30 heteroatoms. The largest absolute Gasteiger partial charge is 0.506 e. The average Bonchev–Trinajstić information content (AvgIpc) is 1.65. The third-order valence-corrected chi connectivity index (χ3v) is 19.2. The van der Waals surface area contributed by atoms with E-state index in [9.17, 15) is 73.8 Å². The molecular weight excluding hydrogens is 1720 g/mol. The lowest BCUT2D eigenvalue weighted by atomic mass is 9.97. The molecule has 0 spiro atoms. The first kappa shape index (κ1) is 82.9. The van der Waals surface area contributed by atoms with Crippen LogP contribution in [0.1, 0.15) is 201 Å². The number of esters is 3. The number of halogens is 4. The molecule has 0 radical (unpaired) electrons. The highest BCUT2D eigenvalue weighted by Gasteiger charge is 2.30. The standard InChI is InChI=1S/C25H25Br2NO7.C25H25I2NO7.C25H29N3O7/c3*1-2-3-8-22(31)35-20-12-19-14(11-17(20)29)23(18(34-19)6-4-5-7-21(28)30)24(32)13-9-15(26)25(33)16(27)10-13/h2*9-12,29,33H,2-8H2,1H3,(H2,28,30);9-12,29,33H,2-8,26-27H2,1H3,(H2,28,30). The molecule has 6 aromatic carbocycles. The van der Waals surface area contributed by atoms with Gasteiger partial charge in [-0.05, 0) is 189 Å². The summed E-state index contributed by atoms with van der Waals surface area (Å²) in [5, 5.41) is 62.6. The Kier molecular flexibility index (Phi) is 30.4. The average molecular weight is 1800 g/mol. The Balaban J connectivity index is 0.000000220. The van der Waals surface area contributed by atoms with Crippen molar-refractivity contribution in [2.45, 2.75) is 156 Å². The number of hydrogen-bond donors (Lipinski definition) is 11. The summed E-state index contributed by atoms with van der Waals surface area (Å²) < 4.78 is 35.5. The number of amides is 3. The fourth-order valence-electron chi connectivity index (χ4n) is 10.9. The molecule has 0 saturated heterocycles. The van der Waals surface area contributed by atoms with Crippen molar-refractivity contribution in [3.8, 4) is 51.7 Å². The highest BCUT2D eigenvalue weighted by Crippen LogP contribution is 2.43. The van der Waals surface area contributed by atoms with E-state index < -0.39 is 41.4 Å². The minimum absolute atomic E-state index is 0.0413. The first-order valence-electron chi connectivity index (χ1n) is 33.6. The molecule has 0 unspecified atom stereocenters. The molecule has 0 atom stereocenters. The minimum atomic E-state index is -0.494. The Morgan fingerprint density at radius 3 is 0.952 bits per heavy atom. The summed E-state index contributed by atoms with van der Waals surface area (Å²) in [5.41, 5.74) is 29.3. The summed E-state index contributed by atoms with van der Waals surface area (Å²) in [5.74, 6) is -4.19. The summed E-state index contributed by atoms with van der Waals surface area (Å²) in [6, 6.07) is 16.9. The molecule has 0 fully saturated rings. The van der Waals surface area contributed by atoms with Gasteiger partial charge in [0.05, 0.1) is 44.2 Å². The third kappa shape index (κ3) is 22.1. The molecule has 26 nitrogen and oxygen atoms in total. The van der Waals surface area contributed by atoms with Crippen molar-refractivity contribution in [3.05, 3.63) is 140 Å². The molecule has 16 N–H and O–H groups in total. The maximum absolute atomic E-state index is 13.6. The number of phenolic OH excluding ortho intramolecular Hbond substituents is 6. The van der Waals surface area contributed by atoms with Crippen LogP contribution in [0.25, 0.3) is 32.9 Å². The van der Waals surface area contributed by atoms with Gasteiger partial charge in [-0.3, -0.25) is 43.2 Å². The van der Waals surface area contributed by atoms with E-state index in [2.05, 4.69) is 31.9 Å². The van der Waals surface area contributed by atoms with Crippen LogP contribution in [0.2, 0.25) is 0 Å². The van der Waals surface area contributed by atoms with E-state index in [-0.39, 0.29) is 158 Å². The first-order chi connectivity index (χ1) is 49.8. The van der Waals surface area contributed by atoms with Gasteiger partial charge >= 0.3 is 17.9 Å². The van der Waals surface area contributed by atoms with E-state index in [0.29, 0.717) is 132 Å². The predicted octanol–water partition coefficient (Wildman–Crippen LogP) is 15.0. The van der Waals surface area contributed by atoms with E-state index in [1.165, 1.54) is 60.7 Å². The molecule has 0 bridgehead atoms. The zero-order valence-electron chi connectivity index (χ0n) is 57.5. The smallest absolute Gasteiger partial charge is 0.311 e. The number of fused-ring (bicyclic) bond motifs is 3. The summed E-state index contributed by atoms with van der Waals surface area (Å²) in [6.07, 6.45) is 9.84. The van der Waals surface area contributed by atoms with Crippen LogP contribution in [0, 0.1) is 7.14 Å². The lowest BCUT2D eigenvalue weighted by Crippen LogP contribution is -2.10. The van der Waals surface area contributed by atoms with Gasteiger partial charge in [0.2, 0.25) is 17.7 Å². The number of anilines is 2. The number of furan rings is 3. The quantitative estimate of drug-likeness (QED) is 0.00346. The van der Waals surface area contributed by atoms with Crippen LogP contribution in [0.3, 0.4) is 0 Å². The summed E-state index contributed by atoms with van der Waals surface area (Å²) in [7, 11) is 0. The fourth-order valence-corrected chi connectivity index (χ4v) is 13.8. The molecular formula is C75H79Br2I2N5O21. The molecule has 105 heavy (non-hydrogen) atoms. The predicted molar refractivity (Wildman–Crippen MR) is 414 cm³/mol.